The van der Waals surface area contributed by atoms with Gasteiger partial charge in [-0.1, -0.05) is 42.5 Å². The molecule has 1 N–H and O–H groups in total. The smallest absolute Gasteiger partial charge is 0.278 e. The third-order valence-corrected chi connectivity index (χ3v) is 6.45. The Bertz CT molecular complexity index is 1510. The first kappa shape index (κ1) is 12.0. The quantitative estimate of drug-likeness (QED) is 0.655. The van der Waals surface area contributed by atoms with Crippen LogP contribution in [0.4, 0.5) is 0 Å². The molecule has 1 unspecified atom stereocenters. The predicted molar refractivity (Wildman–Crippen MR) is 121 cm³/mol. The molecule has 1 aromatic heterocycles. The normalized spacial score (nSPS) is 24.8. The summed E-state index contributed by atoms with van der Waals surface area (Å²) >= 11 is 1.47. The Morgan fingerprint density at radius 3 is 2.68 bits per heavy atom. The lowest BCUT2D eigenvalue weighted by molar-refractivity contribution is 0.0621. The topological polar surface area (TPSA) is 65.8 Å². The molecule has 0 saturated heterocycles. The predicted octanol–water partition coefficient (Wildman–Crippen LogP) is 3.71. The van der Waals surface area contributed by atoms with Crippen LogP contribution in [0.5, 0.6) is 5.75 Å². The van der Waals surface area contributed by atoms with Gasteiger partial charge in [0.25, 0.3) is 5.91 Å². The standard InChI is InChI=1S/C24H23N3O3S/c1-15(2)25-14-27(26-12-11-19(28)23(29)22(26)24(25)30)21-17-8-4-3-7-16(17)13-31-20-10-6-5-9-18(20)21/h3-12,15,21,29H,13-14H2,1-2H3/i1D3,2D3,14D2,15D. The summed E-state index contributed by atoms with van der Waals surface area (Å²) in [5.41, 5.74) is -0.0144. The average Bonchev–Trinajstić information content (AvgIpc) is 3.01. The number of nitrogens with zero attached hydrogens (tertiary/aromatic N) is 3. The zero-order chi connectivity index (χ0) is 29.4. The maximum absolute atomic E-state index is 13.8. The Labute approximate surface area is 197 Å². The molecule has 158 valence electrons. The van der Waals surface area contributed by atoms with E-state index in [-0.39, 0.29) is 4.90 Å². The summed E-state index contributed by atoms with van der Waals surface area (Å²) in [6.07, 6.45) is 1.06. The van der Waals surface area contributed by atoms with E-state index in [0.29, 0.717) is 16.9 Å². The second kappa shape index (κ2) is 7.50. The van der Waals surface area contributed by atoms with E-state index in [4.69, 9.17) is 9.60 Å². The SMILES string of the molecule is [2H]C1([2H])N(C2c3ccccc3CSc3ccccc32)n2ccc(=O)c(O)c2C(=O)N1C([2H])(C([2H])([2H])[2H])C([2H])([2H])[2H]. The number of carbonyl (C=O) groups excluding carboxylic acids is 1. The highest BCUT2D eigenvalue weighted by Crippen LogP contribution is 2.42. The number of amides is 1. The van der Waals surface area contributed by atoms with Crippen molar-refractivity contribution in [2.75, 3.05) is 11.6 Å². The maximum atomic E-state index is 13.8. The van der Waals surface area contributed by atoms with Crippen LogP contribution in [0.25, 0.3) is 0 Å². The molecule has 2 aliphatic heterocycles. The molecule has 0 saturated carbocycles. The number of carbonyl (C=O) groups is 1. The number of aromatic hydroxyl groups is 1. The molecule has 1 amide bonds. The minimum absolute atomic E-state index is 0.183. The molecule has 0 spiro atoms. The Morgan fingerprint density at radius 2 is 1.87 bits per heavy atom. The van der Waals surface area contributed by atoms with Crippen molar-refractivity contribution in [2.24, 2.45) is 0 Å². The largest absolute Gasteiger partial charge is 0.502 e. The van der Waals surface area contributed by atoms with Crippen molar-refractivity contribution in [2.45, 2.75) is 36.4 Å². The van der Waals surface area contributed by atoms with Crippen LogP contribution in [0, 0.1) is 0 Å². The van der Waals surface area contributed by atoms with Gasteiger partial charge in [0, 0.05) is 37.2 Å². The number of hydrogen-bond donors (Lipinski definition) is 1. The summed E-state index contributed by atoms with van der Waals surface area (Å²) in [6, 6.07) is 10.1. The van der Waals surface area contributed by atoms with Crippen molar-refractivity contribution in [3.05, 3.63) is 93.4 Å². The molecule has 2 aromatic carbocycles. The van der Waals surface area contributed by atoms with E-state index in [0.717, 1.165) is 32.4 Å². The number of thioether (sulfide) groups is 1. The van der Waals surface area contributed by atoms with Gasteiger partial charge in [-0.05, 0) is 36.5 Å². The molecule has 0 fully saturated rings. The van der Waals surface area contributed by atoms with Crippen molar-refractivity contribution in [1.29, 1.82) is 0 Å². The molecule has 3 aromatic rings. The first-order valence-electron chi connectivity index (χ1n) is 13.9. The van der Waals surface area contributed by atoms with Gasteiger partial charge < -0.3 is 10.0 Å². The monoisotopic (exact) mass is 442 g/mol. The van der Waals surface area contributed by atoms with Crippen LogP contribution in [-0.2, 0) is 5.75 Å². The van der Waals surface area contributed by atoms with E-state index in [2.05, 4.69) is 0 Å². The lowest BCUT2D eigenvalue weighted by Crippen LogP contribution is -2.57. The second-order valence-electron chi connectivity index (χ2n) is 7.08. The minimum atomic E-state index is -3.82. The van der Waals surface area contributed by atoms with Gasteiger partial charge in [-0.3, -0.25) is 19.3 Å². The second-order valence-corrected chi connectivity index (χ2v) is 8.10. The number of fused-ring (bicyclic) bond motifs is 3. The van der Waals surface area contributed by atoms with Gasteiger partial charge in [0.15, 0.2) is 11.4 Å². The zero-order valence-electron chi connectivity index (χ0n) is 25.1. The third-order valence-electron chi connectivity index (χ3n) is 5.31. The molecule has 2 aliphatic rings. The van der Waals surface area contributed by atoms with Crippen molar-refractivity contribution in [3.63, 3.8) is 0 Å². The molecule has 0 bridgehead atoms. The van der Waals surface area contributed by atoms with Crippen LogP contribution in [0.15, 0.2) is 70.5 Å². The number of hydrogen-bond acceptors (Lipinski definition) is 5. The zero-order valence-corrected chi connectivity index (χ0v) is 16.9. The highest BCUT2D eigenvalue weighted by atomic mass is 32.2. The van der Waals surface area contributed by atoms with Crippen molar-refractivity contribution in [1.82, 2.24) is 9.58 Å². The summed E-state index contributed by atoms with van der Waals surface area (Å²) in [5, 5.41) is 11.7. The van der Waals surface area contributed by atoms with Gasteiger partial charge in [-0.2, -0.15) is 0 Å². The molecule has 0 aliphatic carbocycles. The van der Waals surface area contributed by atoms with Gasteiger partial charge in [0.1, 0.15) is 6.62 Å². The van der Waals surface area contributed by atoms with E-state index in [1.165, 1.54) is 11.8 Å². The maximum Gasteiger partial charge on any atom is 0.278 e. The van der Waals surface area contributed by atoms with Gasteiger partial charge in [0.2, 0.25) is 5.43 Å². The number of pyridine rings is 1. The van der Waals surface area contributed by atoms with Crippen LogP contribution < -0.4 is 10.4 Å². The number of rotatable bonds is 2. The van der Waals surface area contributed by atoms with Crippen LogP contribution >= 0.6 is 11.8 Å². The van der Waals surface area contributed by atoms with Gasteiger partial charge in [-0.25, -0.2) is 0 Å². The van der Waals surface area contributed by atoms with Gasteiger partial charge in [-0.15, -0.1) is 11.8 Å². The fourth-order valence-corrected chi connectivity index (χ4v) is 4.98. The van der Waals surface area contributed by atoms with Gasteiger partial charge >= 0.3 is 0 Å². The molecule has 3 heterocycles. The third kappa shape index (κ3) is 3.11. The van der Waals surface area contributed by atoms with E-state index >= 15 is 0 Å². The molecule has 1 atom stereocenters. The molecule has 5 rings (SSSR count). The number of benzene rings is 2. The molecule has 31 heavy (non-hydrogen) atoms. The Balaban J connectivity index is 1.92. The minimum Gasteiger partial charge on any atom is -0.502 e. The molecule has 0 radical (unpaired) electrons. The summed E-state index contributed by atoms with van der Waals surface area (Å²) in [4.78, 5) is 26.9. The van der Waals surface area contributed by atoms with Crippen molar-refractivity contribution < 1.29 is 22.2 Å². The summed E-state index contributed by atoms with van der Waals surface area (Å²) in [5.74, 6) is -2.29. The van der Waals surface area contributed by atoms with Crippen LogP contribution in [0.1, 0.15) is 59.3 Å². The Kier molecular flexibility index (Phi) is 2.90. The Morgan fingerprint density at radius 1 is 1.13 bits per heavy atom. The summed E-state index contributed by atoms with van der Waals surface area (Å²) in [7, 11) is 0. The van der Waals surface area contributed by atoms with Crippen LogP contribution in [-0.4, -0.2) is 33.2 Å². The van der Waals surface area contributed by atoms with E-state index in [1.807, 2.05) is 12.1 Å². The Hall–Kier alpha value is -3.19. The van der Waals surface area contributed by atoms with Crippen molar-refractivity contribution >= 4 is 17.7 Å². The summed E-state index contributed by atoms with van der Waals surface area (Å²) in [6.45, 7) is -10.8. The van der Waals surface area contributed by atoms with E-state index in [9.17, 15) is 17.4 Å². The highest BCUT2D eigenvalue weighted by Gasteiger charge is 2.39. The lowest BCUT2D eigenvalue weighted by atomic mass is 9.94. The van der Waals surface area contributed by atoms with Gasteiger partial charge in [0.05, 0.1) is 10.2 Å². The summed E-state index contributed by atoms with van der Waals surface area (Å²) < 4.78 is 76.0. The van der Waals surface area contributed by atoms with E-state index < -0.39 is 55.2 Å². The van der Waals surface area contributed by atoms with Crippen LogP contribution in [0.2, 0.25) is 0 Å². The highest BCUT2D eigenvalue weighted by molar-refractivity contribution is 7.98. The molecule has 6 nitrogen and oxygen atoms in total. The van der Waals surface area contributed by atoms with Crippen LogP contribution in [0.3, 0.4) is 0 Å². The van der Waals surface area contributed by atoms with Crippen molar-refractivity contribution in [3.8, 4) is 5.75 Å². The fraction of sp³-hybridized carbons (Fsp3) is 0.250. The fourth-order valence-electron chi connectivity index (χ4n) is 3.89. The van der Waals surface area contributed by atoms with E-state index in [1.54, 1.807) is 36.4 Å². The molecular formula is C24H23N3O3S. The first-order valence-corrected chi connectivity index (χ1v) is 10.4. The molecule has 7 heteroatoms. The number of aromatic nitrogens is 1. The first-order chi connectivity index (χ1) is 18.5. The lowest BCUT2D eigenvalue weighted by Gasteiger charge is -2.45. The average molecular weight is 443 g/mol. The molecular weight excluding hydrogens is 410 g/mol.